The maximum atomic E-state index is 12.9. The van der Waals surface area contributed by atoms with Gasteiger partial charge in [0.15, 0.2) is 12.4 Å². The predicted molar refractivity (Wildman–Crippen MR) is 379 cm³/mol. The number of quaternary nitrogens is 1. The first-order valence-electron chi connectivity index (χ1n) is 36.3. The topological polar surface area (TPSA) is 111 Å². The normalized spacial score (nSPS) is 13.5. The van der Waals surface area contributed by atoms with Crippen LogP contribution in [0.2, 0.25) is 0 Å². The van der Waals surface area contributed by atoms with E-state index in [1.165, 1.54) is 135 Å². The Balaban J connectivity index is 4.06. The minimum atomic E-state index is -1.63. The van der Waals surface area contributed by atoms with Gasteiger partial charge in [-0.1, -0.05) is 308 Å². The molecule has 0 aromatic heterocycles. The van der Waals surface area contributed by atoms with Crippen molar-refractivity contribution in [3.8, 4) is 0 Å². The Morgan fingerprint density at radius 2 is 0.607 bits per heavy atom. The molecule has 89 heavy (non-hydrogen) atoms. The summed E-state index contributed by atoms with van der Waals surface area (Å²) in [4.78, 5) is 37.5. The van der Waals surface area contributed by atoms with E-state index in [-0.39, 0.29) is 38.6 Å². The zero-order valence-electron chi connectivity index (χ0n) is 58.0. The summed E-state index contributed by atoms with van der Waals surface area (Å²) in [5.41, 5.74) is 0. The van der Waals surface area contributed by atoms with Crippen molar-refractivity contribution in [1.29, 1.82) is 0 Å². The van der Waals surface area contributed by atoms with Crippen molar-refractivity contribution in [3.05, 3.63) is 134 Å². The van der Waals surface area contributed by atoms with Gasteiger partial charge < -0.3 is 33.3 Å². The molecule has 9 nitrogen and oxygen atoms in total. The van der Waals surface area contributed by atoms with Crippen LogP contribution >= 0.6 is 0 Å². The predicted octanol–water partition coefficient (Wildman–Crippen LogP) is 21.6. The van der Waals surface area contributed by atoms with Gasteiger partial charge >= 0.3 is 11.9 Å². The molecule has 2 atom stereocenters. The number of rotatable bonds is 66. The first-order valence-corrected chi connectivity index (χ1v) is 36.3. The van der Waals surface area contributed by atoms with Crippen LogP contribution in [0.4, 0.5) is 0 Å². The summed E-state index contributed by atoms with van der Waals surface area (Å²) in [7, 11) is 5.92. The summed E-state index contributed by atoms with van der Waals surface area (Å²) in [5.74, 6) is -2.30. The van der Waals surface area contributed by atoms with Crippen LogP contribution < -0.4 is 5.11 Å². The van der Waals surface area contributed by atoms with E-state index in [4.69, 9.17) is 18.9 Å². The molecule has 9 heteroatoms. The van der Waals surface area contributed by atoms with Crippen molar-refractivity contribution in [2.45, 2.75) is 309 Å². The monoisotopic (exact) mass is 1240 g/mol. The largest absolute Gasteiger partial charge is 0.545 e. The molecule has 0 spiro atoms. The Labute approximate surface area is 548 Å². The summed E-state index contributed by atoms with van der Waals surface area (Å²) in [6, 6.07) is 0. The lowest BCUT2D eigenvalue weighted by atomic mass is 10.0. The van der Waals surface area contributed by atoms with E-state index in [9.17, 15) is 19.5 Å². The molecule has 0 N–H and O–H groups in total. The van der Waals surface area contributed by atoms with Gasteiger partial charge in [-0.2, -0.15) is 0 Å². The van der Waals surface area contributed by atoms with Crippen molar-refractivity contribution < 1.29 is 42.9 Å². The van der Waals surface area contributed by atoms with Crippen LogP contribution in [0.25, 0.3) is 0 Å². The van der Waals surface area contributed by atoms with Gasteiger partial charge in [-0.25, -0.2) is 0 Å². The lowest BCUT2D eigenvalue weighted by molar-refractivity contribution is -0.870. The molecule has 0 aliphatic carbocycles. The summed E-state index contributed by atoms with van der Waals surface area (Å²) < 4.78 is 22.8. The number of ether oxygens (including phenoxy) is 4. The molecule has 0 aromatic rings. The van der Waals surface area contributed by atoms with Crippen LogP contribution in [0, 0.1) is 0 Å². The highest BCUT2D eigenvalue weighted by Gasteiger charge is 2.22. The van der Waals surface area contributed by atoms with E-state index in [0.29, 0.717) is 17.4 Å². The molecule has 0 amide bonds. The maximum absolute atomic E-state index is 12.9. The summed E-state index contributed by atoms with van der Waals surface area (Å²) in [6.45, 7) is 4.52. The number of unbranched alkanes of at least 4 members (excludes halogenated alkanes) is 29. The van der Waals surface area contributed by atoms with Crippen LogP contribution in [0.3, 0.4) is 0 Å². The number of aliphatic carboxylic acids is 1. The average molecular weight is 1240 g/mol. The van der Waals surface area contributed by atoms with Crippen molar-refractivity contribution in [2.24, 2.45) is 0 Å². The molecule has 0 aliphatic rings. The van der Waals surface area contributed by atoms with Crippen molar-refractivity contribution >= 4 is 17.9 Å². The first-order chi connectivity index (χ1) is 43.6. The van der Waals surface area contributed by atoms with Gasteiger partial charge in [0.1, 0.15) is 13.2 Å². The van der Waals surface area contributed by atoms with Crippen LogP contribution in [0.5, 0.6) is 0 Å². The summed E-state index contributed by atoms with van der Waals surface area (Å²) in [5, 5.41) is 11.8. The van der Waals surface area contributed by atoms with Gasteiger partial charge in [-0.15, -0.1) is 0 Å². The Hall–Kier alpha value is -4.57. The maximum Gasteiger partial charge on any atom is 0.306 e. The standard InChI is InChI=1S/C80H135NO8/c1-6-8-10-12-14-16-18-20-22-24-26-28-30-32-33-34-35-36-37-38-39-40-41-42-43-44-45-47-48-50-52-54-56-58-60-62-64-66-68-70-77(82)87-74-76(75-88-80(79(84)85)86-73-72-81(3,4)5)89-78(83)71-69-67-65-63-61-59-57-55-53-51-49-46-31-29-27-25-23-21-19-17-15-13-11-9-7-2/h8-11,14-17,20-23,26-29,32-33,46,49,53,55,76,80H,6-7,12-13,18-19,24-25,30-31,34-45,47-48,50-52,54,56-75H2,1-5H3/b10-8-,11-9-,16-14-,17-15-,22-20-,23-21-,28-26-,29-27-,33-32-,49-46-,55-53-. The van der Waals surface area contributed by atoms with Gasteiger partial charge in [0.05, 0.1) is 40.3 Å². The smallest absolute Gasteiger partial charge is 0.306 e. The van der Waals surface area contributed by atoms with Gasteiger partial charge in [0.2, 0.25) is 0 Å². The molecule has 0 saturated carbocycles. The second-order valence-electron chi connectivity index (χ2n) is 25.1. The van der Waals surface area contributed by atoms with Gasteiger partial charge in [0, 0.05) is 12.8 Å². The molecule has 0 heterocycles. The number of hydrogen-bond donors (Lipinski definition) is 0. The second kappa shape index (κ2) is 69.3. The second-order valence-corrected chi connectivity index (χ2v) is 25.1. The van der Waals surface area contributed by atoms with E-state index in [0.717, 1.165) is 128 Å². The lowest BCUT2D eigenvalue weighted by Gasteiger charge is -2.26. The minimum absolute atomic E-state index is 0.140. The van der Waals surface area contributed by atoms with Crippen molar-refractivity contribution in [3.63, 3.8) is 0 Å². The molecule has 0 fully saturated rings. The number of allylic oxidation sites excluding steroid dienone is 22. The fourth-order valence-corrected chi connectivity index (χ4v) is 9.92. The van der Waals surface area contributed by atoms with Crippen LogP contribution in [-0.4, -0.2) is 82.3 Å². The third-order valence-corrected chi connectivity index (χ3v) is 15.4. The van der Waals surface area contributed by atoms with Crippen molar-refractivity contribution in [2.75, 3.05) is 47.5 Å². The number of esters is 2. The highest BCUT2D eigenvalue weighted by molar-refractivity contribution is 5.70. The van der Waals surface area contributed by atoms with Gasteiger partial charge in [0.25, 0.3) is 0 Å². The van der Waals surface area contributed by atoms with E-state index < -0.39 is 24.3 Å². The third kappa shape index (κ3) is 70.7. The molecule has 0 bridgehead atoms. The highest BCUT2D eigenvalue weighted by Crippen LogP contribution is 2.17. The Kier molecular flexibility index (Phi) is 65.8. The van der Waals surface area contributed by atoms with E-state index in [1.54, 1.807) is 0 Å². The van der Waals surface area contributed by atoms with Gasteiger partial charge in [-0.05, 0) is 109 Å². The Morgan fingerprint density at radius 3 is 0.899 bits per heavy atom. The van der Waals surface area contributed by atoms with E-state index in [1.807, 2.05) is 21.1 Å². The fraction of sp³-hybridized carbons (Fsp3) is 0.688. The van der Waals surface area contributed by atoms with Crippen LogP contribution in [-0.2, 0) is 33.3 Å². The SMILES string of the molecule is CC/C=C\C/C=C\C/C=C\C/C=C\C/C=C\C/C=C\CCCCCCCCC(=O)OC(COC(=O)CCCCCCCCCCCCCCCCCCCCCCCCC/C=C\C/C=C\C/C=C\C/C=C\C/C=C\CC)COC(OCC[N+](C)(C)C)C(=O)[O-]. The average Bonchev–Trinajstić information content (AvgIpc) is 3.64. The third-order valence-electron chi connectivity index (χ3n) is 15.4. The quantitative estimate of drug-likeness (QED) is 0.0195. The summed E-state index contributed by atoms with van der Waals surface area (Å²) in [6.07, 6.45) is 96.9. The molecular weight excluding hydrogens is 1100 g/mol. The summed E-state index contributed by atoms with van der Waals surface area (Å²) >= 11 is 0. The molecule has 0 rings (SSSR count). The number of carboxylic acid groups (broad SMARTS) is 1. The van der Waals surface area contributed by atoms with Crippen LogP contribution in [0.15, 0.2) is 134 Å². The van der Waals surface area contributed by atoms with Gasteiger partial charge in [-0.3, -0.25) is 9.59 Å². The minimum Gasteiger partial charge on any atom is -0.545 e. The lowest BCUT2D eigenvalue weighted by Crippen LogP contribution is -2.44. The number of carboxylic acids is 1. The number of likely N-dealkylation sites (N-methyl/N-ethyl adjacent to an activating group) is 1. The molecule has 0 saturated heterocycles. The van der Waals surface area contributed by atoms with E-state index in [2.05, 4.69) is 148 Å². The highest BCUT2D eigenvalue weighted by atomic mass is 16.7. The molecule has 0 radical (unpaired) electrons. The van der Waals surface area contributed by atoms with E-state index >= 15 is 0 Å². The Bertz CT molecular complexity index is 1930. The molecule has 0 aromatic carbocycles. The fourth-order valence-electron chi connectivity index (χ4n) is 9.92. The molecule has 508 valence electrons. The zero-order valence-corrected chi connectivity index (χ0v) is 58.0. The Morgan fingerprint density at radius 1 is 0.337 bits per heavy atom. The number of nitrogens with zero attached hydrogens (tertiary/aromatic N) is 1. The van der Waals surface area contributed by atoms with Crippen molar-refractivity contribution in [1.82, 2.24) is 0 Å². The molecule has 2 unspecified atom stereocenters. The number of hydrogen-bond acceptors (Lipinski definition) is 8. The number of carbonyl (C=O) groups is 3. The molecule has 0 aliphatic heterocycles. The first kappa shape index (κ1) is 84.4. The zero-order chi connectivity index (χ0) is 64.7. The van der Waals surface area contributed by atoms with Crippen LogP contribution in [0.1, 0.15) is 296 Å². The molecular formula is C80H135NO8. The number of carbonyl (C=O) groups excluding carboxylic acids is 3.